The molecule has 0 bridgehead atoms. The number of fused-ring (bicyclic) bond motifs is 1. The largest absolute Gasteiger partial charge is 0.422 e. The molecule has 1 fully saturated rings. The molecule has 0 amide bonds. The van der Waals surface area contributed by atoms with Gasteiger partial charge in [0.2, 0.25) is 5.79 Å². The lowest BCUT2D eigenvalue weighted by atomic mass is 10.0. The summed E-state index contributed by atoms with van der Waals surface area (Å²) in [6.45, 7) is 3.33. The summed E-state index contributed by atoms with van der Waals surface area (Å²) in [5, 5.41) is 39.5. The van der Waals surface area contributed by atoms with Crippen molar-refractivity contribution in [3.8, 4) is 5.75 Å². The maximum Gasteiger partial charge on any atom is 0.343 e. The van der Waals surface area contributed by atoms with Crippen molar-refractivity contribution in [2.24, 2.45) is 5.92 Å². The van der Waals surface area contributed by atoms with E-state index in [1.165, 1.54) is 6.20 Å². The lowest BCUT2D eigenvalue weighted by Crippen LogP contribution is -2.46. The summed E-state index contributed by atoms with van der Waals surface area (Å²) in [7, 11) is 0. The highest BCUT2D eigenvalue weighted by atomic mass is 16.7. The van der Waals surface area contributed by atoms with Crippen LogP contribution in [0.4, 0.5) is 0 Å². The van der Waals surface area contributed by atoms with E-state index in [0.717, 1.165) is 23.9 Å². The number of aliphatic hydroxyl groups is 4. The highest BCUT2D eigenvalue weighted by molar-refractivity contribution is 5.90. The molecule has 0 saturated carbocycles. The molecule has 2 heterocycles. The number of aromatic amines is 1. The molecule has 5 N–H and O–H groups in total. The van der Waals surface area contributed by atoms with Gasteiger partial charge in [0, 0.05) is 17.1 Å². The van der Waals surface area contributed by atoms with Gasteiger partial charge in [0.05, 0.1) is 6.61 Å². The number of aryl methyl sites for hydroxylation is 1. The summed E-state index contributed by atoms with van der Waals surface area (Å²) < 4.78 is 10.3. The fourth-order valence-corrected chi connectivity index (χ4v) is 3.11. The van der Waals surface area contributed by atoms with Gasteiger partial charge in [-0.1, -0.05) is 19.9 Å². The number of rotatable bonds is 6. The summed E-state index contributed by atoms with van der Waals surface area (Å²) in [4.78, 5) is 15.4. The Bertz CT molecular complexity index is 817. The molecule has 8 nitrogen and oxygen atoms in total. The van der Waals surface area contributed by atoms with Gasteiger partial charge < -0.3 is 34.9 Å². The van der Waals surface area contributed by atoms with Crippen molar-refractivity contribution in [1.29, 1.82) is 0 Å². The topological polar surface area (TPSA) is 132 Å². The zero-order valence-electron chi connectivity index (χ0n) is 15.3. The summed E-state index contributed by atoms with van der Waals surface area (Å²) in [5.41, 5.74) is 1.89. The SMILES string of the molecule is CC(C)CCc1ccc2[nH]cc(OC(=O)[C@@H]3O[C@@](O)(CO)[C@H](O)[C@H]3O)c2c1. The van der Waals surface area contributed by atoms with Crippen LogP contribution in [-0.2, 0) is 16.0 Å². The van der Waals surface area contributed by atoms with Crippen LogP contribution in [0.2, 0.25) is 0 Å². The van der Waals surface area contributed by atoms with Gasteiger partial charge in [-0.25, -0.2) is 4.79 Å². The number of carbonyl (C=O) groups is 1. The van der Waals surface area contributed by atoms with Gasteiger partial charge >= 0.3 is 5.97 Å². The van der Waals surface area contributed by atoms with Crippen molar-refractivity contribution in [3.05, 3.63) is 30.0 Å². The molecule has 8 heteroatoms. The van der Waals surface area contributed by atoms with Crippen molar-refractivity contribution in [2.75, 3.05) is 6.61 Å². The second-order valence-electron chi connectivity index (χ2n) is 7.36. The summed E-state index contributed by atoms with van der Waals surface area (Å²) >= 11 is 0. The van der Waals surface area contributed by atoms with Crippen LogP contribution in [-0.4, -0.2) is 62.1 Å². The van der Waals surface area contributed by atoms with E-state index in [2.05, 4.69) is 18.8 Å². The van der Waals surface area contributed by atoms with E-state index < -0.39 is 36.7 Å². The first-order valence-corrected chi connectivity index (χ1v) is 8.94. The fourth-order valence-electron chi connectivity index (χ4n) is 3.11. The summed E-state index contributed by atoms with van der Waals surface area (Å²) in [5.74, 6) is -2.56. The zero-order valence-corrected chi connectivity index (χ0v) is 15.3. The van der Waals surface area contributed by atoms with E-state index in [-0.39, 0.29) is 5.75 Å². The van der Waals surface area contributed by atoms with Gasteiger partial charge in [-0.05, 0) is 36.5 Å². The number of benzene rings is 1. The Hall–Kier alpha value is -1.97. The molecule has 148 valence electrons. The Balaban J connectivity index is 1.78. The number of carbonyl (C=O) groups excluding carboxylic acids is 1. The average Bonchev–Trinajstić information content (AvgIpc) is 3.14. The van der Waals surface area contributed by atoms with Gasteiger partial charge in [-0.15, -0.1) is 0 Å². The third-order valence-electron chi connectivity index (χ3n) is 4.81. The Labute approximate surface area is 156 Å². The van der Waals surface area contributed by atoms with Crippen LogP contribution in [0, 0.1) is 5.92 Å². The number of hydrogen-bond donors (Lipinski definition) is 5. The van der Waals surface area contributed by atoms with Crippen molar-refractivity contribution in [3.63, 3.8) is 0 Å². The van der Waals surface area contributed by atoms with Gasteiger partial charge in [0.1, 0.15) is 12.2 Å². The molecule has 1 aliphatic rings. The quantitative estimate of drug-likeness (QED) is 0.461. The van der Waals surface area contributed by atoms with Crippen LogP contribution >= 0.6 is 0 Å². The number of ether oxygens (including phenoxy) is 2. The maximum absolute atomic E-state index is 12.4. The monoisotopic (exact) mass is 379 g/mol. The van der Waals surface area contributed by atoms with Crippen LogP contribution in [0.1, 0.15) is 25.8 Å². The average molecular weight is 379 g/mol. The van der Waals surface area contributed by atoms with Crippen molar-refractivity contribution in [2.45, 2.75) is 50.8 Å². The number of hydrogen-bond acceptors (Lipinski definition) is 7. The van der Waals surface area contributed by atoms with E-state index in [0.29, 0.717) is 11.3 Å². The zero-order chi connectivity index (χ0) is 19.8. The third kappa shape index (κ3) is 3.85. The first-order chi connectivity index (χ1) is 12.7. The van der Waals surface area contributed by atoms with E-state index >= 15 is 0 Å². The molecule has 0 unspecified atom stereocenters. The van der Waals surface area contributed by atoms with Crippen molar-refractivity contribution < 1.29 is 34.7 Å². The molecule has 2 aromatic rings. The van der Waals surface area contributed by atoms with Crippen molar-refractivity contribution in [1.82, 2.24) is 4.98 Å². The molecule has 1 aromatic carbocycles. The molecule has 1 aliphatic heterocycles. The second-order valence-corrected chi connectivity index (χ2v) is 7.36. The smallest absolute Gasteiger partial charge is 0.343 e. The summed E-state index contributed by atoms with van der Waals surface area (Å²) in [6.07, 6.45) is -1.72. The standard InChI is InChI=1S/C19H25NO7/c1-10(2)3-4-11-5-6-13-12(7-11)14(8-20-13)26-18(24)16-15(22)17(23)19(25,9-21)27-16/h5-8,10,15-17,20-23,25H,3-4,9H2,1-2H3/t15-,16+,17+,19-/m0/s1. The maximum atomic E-state index is 12.4. The van der Waals surface area contributed by atoms with Gasteiger partial charge in [0.15, 0.2) is 11.9 Å². The molecular weight excluding hydrogens is 354 g/mol. The van der Waals surface area contributed by atoms with E-state index in [1.54, 1.807) is 0 Å². The molecular formula is C19H25NO7. The lowest BCUT2D eigenvalue weighted by Gasteiger charge is -2.22. The molecule has 0 aliphatic carbocycles. The molecule has 1 aromatic heterocycles. The number of H-pyrrole nitrogens is 1. The molecule has 3 rings (SSSR count). The molecule has 4 atom stereocenters. The Morgan fingerprint density at radius 2 is 2.11 bits per heavy atom. The van der Waals surface area contributed by atoms with Crippen LogP contribution in [0.15, 0.2) is 24.4 Å². The minimum atomic E-state index is -2.41. The highest BCUT2D eigenvalue weighted by Crippen LogP contribution is 2.32. The highest BCUT2D eigenvalue weighted by Gasteiger charge is 2.56. The van der Waals surface area contributed by atoms with Gasteiger partial charge in [0.25, 0.3) is 0 Å². The second kappa shape index (κ2) is 7.57. The first-order valence-electron chi connectivity index (χ1n) is 8.94. The third-order valence-corrected chi connectivity index (χ3v) is 4.81. The number of esters is 1. The predicted octanol–water partition coefficient (Wildman–Crippen LogP) is 0.463. The van der Waals surface area contributed by atoms with Crippen LogP contribution < -0.4 is 4.74 Å². The predicted molar refractivity (Wildman–Crippen MR) is 96.0 cm³/mol. The van der Waals surface area contributed by atoms with Gasteiger partial charge in [-0.2, -0.15) is 0 Å². The number of aliphatic hydroxyl groups excluding tert-OH is 3. The minimum Gasteiger partial charge on any atom is -0.422 e. The molecule has 1 saturated heterocycles. The molecule has 27 heavy (non-hydrogen) atoms. The Kier molecular flexibility index (Phi) is 5.55. The number of aromatic nitrogens is 1. The van der Waals surface area contributed by atoms with E-state index in [4.69, 9.17) is 14.6 Å². The van der Waals surface area contributed by atoms with Crippen LogP contribution in [0.25, 0.3) is 10.9 Å². The van der Waals surface area contributed by atoms with Crippen molar-refractivity contribution >= 4 is 16.9 Å². The molecule has 0 radical (unpaired) electrons. The normalized spacial score (nSPS) is 28.2. The van der Waals surface area contributed by atoms with E-state index in [9.17, 15) is 20.1 Å². The lowest BCUT2D eigenvalue weighted by molar-refractivity contribution is -0.246. The molecule has 0 spiro atoms. The summed E-state index contributed by atoms with van der Waals surface area (Å²) in [6, 6.07) is 5.84. The first kappa shape index (κ1) is 19.8. The minimum absolute atomic E-state index is 0.256. The fraction of sp³-hybridized carbons (Fsp3) is 0.526. The van der Waals surface area contributed by atoms with Crippen LogP contribution in [0.5, 0.6) is 5.75 Å². The van der Waals surface area contributed by atoms with Gasteiger partial charge in [-0.3, -0.25) is 0 Å². The van der Waals surface area contributed by atoms with E-state index in [1.807, 2.05) is 18.2 Å². The Morgan fingerprint density at radius 3 is 2.74 bits per heavy atom. The van der Waals surface area contributed by atoms with Crippen LogP contribution in [0.3, 0.4) is 0 Å². The number of nitrogens with one attached hydrogen (secondary N) is 1. The Morgan fingerprint density at radius 1 is 1.37 bits per heavy atom.